The van der Waals surface area contributed by atoms with Gasteiger partial charge in [0.25, 0.3) is 0 Å². The van der Waals surface area contributed by atoms with Crippen molar-refractivity contribution in [2.45, 2.75) is 37.5 Å². The number of esters is 2. The van der Waals surface area contributed by atoms with Crippen LogP contribution < -0.4 is 47.4 Å². The molecule has 0 spiro atoms. The predicted molar refractivity (Wildman–Crippen MR) is 214 cm³/mol. The first-order chi connectivity index (χ1) is 29.1. The quantitative estimate of drug-likeness (QED) is 0.169. The number of carbonyl (C=O) groups excluding carboxylic acids is 2. The highest BCUT2D eigenvalue weighted by Gasteiger charge is 2.53. The molecular weight excluding hydrogens is 776 g/mol. The summed E-state index contributed by atoms with van der Waals surface area (Å²) in [6.45, 7) is 5.53. The Hall–Kier alpha value is -6.18. The van der Waals surface area contributed by atoms with Crippen LogP contribution in [0.4, 0.5) is 0 Å². The molecule has 8 atom stereocenters. The van der Waals surface area contributed by atoms with Crippen LogP contribution in [0.15, 0.2) is 48.5 Å². The second kappa shape index (κ2) is 15.4. The van der Waals surface area contributed by atoms with Crippen LogP contribution in [0.3, 0.4) is 0 Å². The summed E-state index contributed by atoms with van der Waals surface area (Å²) >= 11 is 0. The molecule has 316 valence electrons. The molecule has 2 fully saturated rings. The van der Waals surface area contributed by atoms with Gasteiger partial charge in [-0.15, -0.1) is 0 Å². The summed E-state index contributed by atoms with van der Waals surface area (Å²) in [7, 11) is 9.49. The molecule has 4 aromatic rings. The average molecular weight is 825 g/mol. The van der Waals surface area contributed by atoms with Gasteiger partial charge in [-0.3, -0.25) is 9.59 Å². The van der Waals surface area contributed by atoms with Gasteiger partial charge in [-0.1, -0.05) is 13.8 Å². The highest BCUT2D eigenvalue weighted by molar-refractivity contribution is 5.80. The second-order valence-electron chi connectivity index (χ2n) is 15.8. The van der Waals surface area contributed by atoms with Crippen LogP contribution in [0.25, 0.3) is 0 Å². The molecular formula is C46H48O14. The number of methoxy groups -OCH3 is 6. The van der Waals surface area contributed by atoms with E-state index in [1.807, 2.05) is 48.5 Å². The molecule has 6 aliphatic rings. The van der Waals surface area contributed by atoms with Crippen LogP contribution in [-0.4, -0.2) is 81.4 Å². The number of benzene rings is 4. The maximum absolute atomic E-state index is 12.8. The summed E-state index contributed by atoms with van der Waals surface area (Å²) in [5, 5.41) is 0. The van der Waals surface area contributed by atoms with Gasteiger partial charge in [-0.2, -0.15) is 0 Å². The van der Waals surface area contributed by atoms with E-state index in [1.165, 1.54) is 0 Å². The van der Waals surface area contributed by atoms with E-state index >= 15 is 0 Å². The Morgan fingerprint density at radius 2 is 0.750 bits per heavy atom. The predicted octanol–water partition coefficient (Wildman–Crippen LogP) is 6.96. The van der Waals surface area contributed by atoms with Crippen molar-refractivity contribution in [3.05, 3.63) is 81.9 Å². The van der Waals surface area contributed by atoms with Crippen LogP contribution in [0.2, 0.25) is 0 Å². The topological polar surface area (TPSA) is 145 Å². The highest BCUT2D eigenvalue weighted by atomic mass is 16.7. The molecule has 2 aliphatic carbocycles. The minimum Gasteiger partial charge on any atom is -0.493 e. The van der Waals surface area contributed by atoms with Gasteiger partial charge in [-0.25, -0.2) is 0 Å². The number of fused-ring (bicyclic) bond motifs is 6. The Morgan fingerprint density at radius 1 is 0.433 bits per heavy atom. The summed E-state index contributed by atoms with van der Waals surface area (Å²) in [4.78, 5) is 25.7. The summed E-state index contributed by atoms with van der Waals surface area (Å²) in [6.07, 6.45) is 0. The molecule has 0 N–H and O–H groups in total. The summed E-state index contributed by atoms with van der Waals surface area (Å²) < 4.78 is 66.8. The van der Waals surface area contributed by atoms with Crippen molar-refractivity contribution in [3.8, 4) is 57.5 Å². The lowest BCUT2D eigenvalue weighted by atomic mass is 9.63. The number of carbonyl (C=O) groups is 2. The summed E-state index contributed by atoms with van der Waals surface area (Å²) in [5.74, 6) is 5.21. The Kier molecular flexibility index (Phi) is 10.1. The van der Waals surface area contributed by atoms with Crippen molar-refractivity contribution < 1.29 is 66.4 Å². The molecule has 0 aromatic heterocycles. The third-order valence-electron chi connectivity index (χ3n) is 13.2. The van der Waals surface area contributed by atoms with Crippen molar-refractivity contribution in [2.24, 2.45) is 23.7 Å². The van der Waals surface area contributed by atoms with E-state index in [9.17, 15) is 9.59 Å². The third-order valence-corrected chi connectivity index (χ3v) is 13.2. The maximum atomic E-state index is 12.8. The molecule has 0 saturated carbocycles. The van der Waals surface area contributed by atoms with Crippen LogP contribution in [-0.2, 0) is 19.1 Å². The molecule has 2 saturated heterocycles. The molecule has 0 bridgehead atoms. The number of hydrogen-bond donors (Lipinski definition) is 0. The number of rotatable bonds is 8. The van der Waals surface area contributed by atoms with E-state index in [1.54, 1.807) is 42.7 Å². The van der Waals surface area contributed by atoms with E-state index in [4.69, 9.17) is 56.8 Å². The molecule has 0 radical (unpaired) electrons. The standard InChI is InChI=1S/2C23H24O7/c2*1-11-13-7-16-17(30-10-29-16)8-14(13)20(21-15(11)9-28-23(21)24)12-5-18(25-2)22(27-4)19(6-12)26-3/h2*5-8,11,15,20-21H,9-10H2,1-4H3/t11-,15?,20+,21-;11-,15?,20-,21+/m01/s1. The van der Waals surface area contributed by atoms with Crippen LogP contribution in [0, 0.1) is 23.7 Å². The minimum atomic E-state index is -0.296. The molecule has 14 heteroatoms. The van der Waals surface area contributed by atoms with Crippen LogP contribution in [0.1, 0.15) is 70.9 Å². The first kappa shape index (κ1) is 39.3. The molecule has 14 nitrogen and oxygen atoms in total. The van der Waals surface area contributed by atoms with Crippen molar-refractivity contribution >= 4 is 11.9 Å². The molecule has 4 aromatic carbocycles. The Morgan fingerprint density at radius 3 is 1.05 bits per heavy atom. The Labute approximate surface area is 347 Å². The van der Waals surface area contributed by atoms with Crippen molar-refractivity contribution in [1.82, 2.24) is 0 Å². The number of hydrogen-bond acceptors (Lipinski definition) is 14. The molecule has 10 rings (SSSR count). The van der Waals surface area contributed by atoms with E-state index in [2.05, 4.69) is 13.8 Å². The van der Waals surface area contributed by atoms with Gasteiger partial charge in [0.05, 0.1) is 67.7 Å². The lowest BCUT2D eigenvalue weighted by molar-refractivity contribution is -0.142. The molecule has 60 heavy (non-hydrogen) atoms. The fraction of sp³-hybridized carbons (Fsp3) is 0.435. The fourth-order valence-electron chi connectivity index (χ4n) is 10.2. The monoisotopic (exact) mass is 824 g/mol. The van der Waals surface area contributed by atoms with Gasteiger partial charge in [0.1, 0.15) is 0 Å². The van der Waals surface area contributed by atoms with E-state index in [0.717, 1.165) is 44.9 Å². The van der Waals surface area contributed by atoms with Gasteiger partial charge in [0, 0.05) is 23.7 Å². The lowest BCUT2D eigenvalue weighted by Gasteiger charge is -2.37. The molecule has 2 unspecified atom stereocenters. The van der Waals surface area contributed by atoms with Crippen molar-refractivity contribution in [1.29, 1.82) is 0 Å². The lowest BCUT2D eigenvalue weighted by Crippen LogP contribution is -2.33. The SMILES string of the molecule is COc1cc([C@@H]2c3cc4c(cc3[C@@H](C)C3COC(=O)[C@@H]32)OCO4)cc(OC)c1OC.COc1cc([C@@H]2c3cc4c(cc3[C@H](C)C3COC(=O)[C@@H]32)OCO4)cc(OC)c1OC. The van der Waals surface area contributed by atoms with Gasteiger partial charge >= 0.3 is 11.9 Å². The Balaban J connectivity index is 0.000000154. The number of cyclic esters (lactones) is 2. The van der Waals surface area contributed by atoms with Crippen molar-refractivity contribution in [3.63, 3.8) is 0 Å². The molecule has 4 aliphatic heterocycles. The van der Waals surface area contributed by atoms with Gasteiger partial charge in [0.15, 0.2) is 46.0 Å². The van der Waals surface area contributed by atoms with Crippen LogP contribution >= 0.6 is 0 Å². The summed E-state index contributed by atoms with van der Waals surface area (Å²) in [5.41, 5.74) is 6.20. The van der Waals surface area contributed by atoms with Gasteiger partial charge in [-0.05, 0) is 93.7 Å². The zero-order valence-electron chi connectivity index (χ0n) is 34.8. The first-order valence-electron chi connectivity index (χ1n) is 19.9. The van der Waals surface area contributed by atoms with Gasteiger partial charge in [0.2, 0.25) is 25.1 Å². The largest absolute Gasteiger partial charge is 0.493 e. The second-order valence-corrected chi connectivity index (χ2v) is 15.8. The zero-order valence-corrected chi connectivity index (χ0v) is 34.8. The van der Waals surface area contributed by atoms with Gasteiger partial charge < -0.3 is 56.8 Å². The van der Waals surface area contributed by atoms with Crippen LogP contribution in [0.5, 0.6) is 57.5 Å². The normalized spacial score (nSPS) is 25.9. The van der Waals surface area contributed by atoms with Crippen molar-refractivity contribution in [2.75, 3.05) is 69.5 Å². The molecule has 0 amide bonds. The first-order valence-corrected chi connectivity index (χ1v) is 19.9. The van der Waals surface area contributed by atoms with E-state index in [0.29, 0.717) is 59.2 Å². The minimum absolute atomic E-state index is 0.0782. The van der Waals surface area contributed by atoms with E-state index in [-0.39, 0.29) is 72.9 Å². The third kappa shape index (κ3) is 6.12. The average Bonchev–Trinajstić information content (AvgIpc) is 4.10. The number of ether oxygens (including phenoxy) is 12. The fourth-order valence-corrected chi connectivity index (χ4v) is 10.2. The summed E-state index contributed by atoms with van der Waals surface area (Å²) in [6, 6.07) is 15.8. The maximum Gasteiger partial charge on any atom is 0.310 e. The Bertz CT molecular complexity index is 2140. The van der Waals surface area contributed by atoms with E-state index < -0.39 is 0 Å². The highest BCUT2D eigenvalue weighted by Crippen LogP contribution is 2.58. The zero-order chi connectivity index (χ0) is 42.0. The smallest absolute Gasteiger partial charge is 0.310 e. The molecule has 4 heterocycles.